The zero-order chi connectivity index (χ0) is 8.10. The lowest BCUT2D eigenvalue weighted by molar-refractivity contribution is 0.560. The van der Waals surface area contributed by atoms with Crippen LogP contribution in [-0.4, -0.2) is 11.1 Å². The van der Waals surface area contributed by atoms with Gasteiger partial charge in [0.2, 0.25) is 0 Å². The molecule has 1 aromatic heterocycles. The van der Waals surface area contributed by atoms with Crippen LogP contribution in [0.5, 0.6) is 0 Å². The molecular weight excluding hydrogens is 138 g/mol. The molecule has 1 atom stereocenters. The molecule has 0 aliphatic rings. The molecular formula is C8H13N3. The van der Waals surface area contributed by atoms with E-state index in [0.29, 0.717) is 0 Å². The van der Waals surface area contributed by atoms with Crippen molar-refractivity contribution in [3.8, 4) is 0 Å². The molecule has 1 unspecified atom stereocenters. The molecule has 1 heterocycles. The van der Waals surface area contributed by atoms with E-state index in [-0.39, 0.29) is 6.17 Å². The van der Waals surface area contributed by atoms with Gasteiger partial charge in [0.25, 0.3) is 0 Å². The largest absolute Gasteiger partial charge is 0.316 e. The molecule has 11 heavy (non-hydrogen) atoms. The second-order valence-corrected chi connectivity index (χ2v) is 2.49. The predicted molar refractivity (Wildman–Crippen MR) is 44.7 cm³/mol. The maximum Gasteiger partial charge on any atom is 0.0542 e. The van der Waals surface area contributed by atoms with Gasteiger partial charge < -0.3 is 5.73 Å². The Labute approximate surface area is 66.6 Å². The van der Waals surface area contributed by atoms with Crippen molar-refractivity contribution in [3.63, 3.8) is 0 Å². The van der Waals surface area contributed by atoms with Gasteiger partial charge >= 0.3 is 0 Å². The minimum Gasteiger partial charge on any atom is -0.316 e. The van der Waals surface area contributed by atoms with E-state index in [4.69, 9.17) is 5.73 Å². The number of pyridine rings is 1. The summed E-state index contributed by atoms with van der Waals surface area (Å²) in [7, 11) is 0. The predicted octanol–water partition coefficient (Wildman–Crippen LogP) is 0.476. The van der Waals surface area contributed by atoms with Crippen LogP contribution >= 0.6 is 0 Å². The summed E-state index contributed by atoms with van der Waals surface area (Å²) in [4.78, 5) is 4.13. The molecule has 0 radical (unpaired) electrons. The molecule has 60 valence electrons. The standard InChI is InChI=1S/C8H13N3/c1-7(9)11-6-8-4-2-3-5-10-8/h2-5,7,11H,6,9H2,1H3. The zero-order valence-electron chi connectivity index (χ0n) is 6.62. The summed E-state index contributed by atoms with van der Waals surface area (Å²) in [5, 5.41) is 3.08. The zero-order valence-corrected chi connectivity index (χ0v) is 6.62. The Bertz CT molecular complexity index is 196. The van der Waals surface area contributed by atoms with E-state index in [1.54, 1.807) is 6.20 Å². The molecule has 0 aliphatic carbocycles. The van der Waals surface area contributed by atoms with Crippen molar-refractivity contribution in [2.45, 2.75) is 19.6 Å². The molecule has 0 saturated carbocycles. The van der Waals surface area contributed by atoms with Crippen LogP contribution < -0.4 is 11.1 Å². The van der Waals surface area contributed by atoms with Gasteiger partial charge in [0.15, 0.2) is 0 Å². The number of hydrogen-bond donors (Lipinski definition) is 2. The quantitative estimate of drug-likeness (QED) is 0.618. The van der Waals surface area contributed by atoms with Crippen LogP contribution in [0.1, 0.15) is 12.6 Å². The fourth-order valence-electron chi connectivity index (χ4n) is 0.768. The lowest BCUT2D eigenvalue weighted by Gasteiger charge is -2.06. The van der Waals surface area contributed by atoms with E-state index in [2.05, 4.69) is 10.3 Å². The van der Waals surface area contributed by atoms with Crippen LogP contribution in [0.3, 0.4) is 0 Å². The fourth-order valence-corrected chi connectivity index (χ4v) is 0.768. The molecule has 0 amide bonds. The Hall–Kier alpha value is -0.930. The van der Waals surface area contributed by atoms with E-state index < -0.39 is 0 Å². The lowest BCUT2D eigenvalue weighted by atomic mass is 10.3. The Morgan fingerprint density at radius 3 is 3.00 bits per heavy atom. The molecule has 1 aromatic rings. The van der Waals surface area contributed by atoms with Crippen LogP contribution in [-0.2, 0) is 6.54 Å². The minimum absolute atomic E-state index is 0.0250. The van der Waals surface area contributed by atoms with E-state index in [1.165, 1.54) is 0 Å². The van der Waals surface area contributed by atoms with E-state index in [9.17, 15) is 0 Å². The van der Waals surface area contributed by atoms with Crippen molar-refractivity contribution in [2.24, 2.45) is 5.73 Å². The molecule has 0 saturated heterocycles. The van der Waals surface area contributed by atoms with Gasteiger partial charge in [-0.2, -0.15) is 0 Å². The Morgan fingerprint density at radius 2 is 2.45 bits per heavy atom. The summed E-state index contributed by atoms with van der Waals surface area (Å²) in [6, 6.07) is 5.83. The first kappa shape index (κ1) is 8.17. The number of nitrogens with zero attached hydrogens (tertiary/aromatic N) is 1. The van der Waals surface area contributed by atoms with Crippen molar-refractivity contribution >= 4 is 0 Å². The number of nitrogens with two attached hydrogens (primary N) is 1. The number of hydrogen-bond acceptors (Lipinski definition) is 3. The van der Waals surface area contributed by atoms with Crippen LogP contribution in [0.15, 0.2) is 24.4 Å². The summed E-state index contributed by atoms with van der Waals surface area (Å²) >= 11 is 0. The molecule has 3 N–H and O–H groups in total. The van der Waals surface area contributed by atoms with Crippen molar-refractivity contribution < 1.29 is 0 Å². The first-order valence-electron chi connectivity index (χ1n) is 3.68. The first-order valence-corrected chi connectivity index (χ1v) is 3.68. The molecule has 0 aliphatic heterocycles. The molecule has 0 aromatic carbocycles. The smallest absolute Gasteiger partial charge is 0.0542 e. The molecule has 1 rings (SSSR count). The van der Waals surface area contributed by atoms with Crippen molar-refractivity contribution in [1.82, 2.24) is 10.3 Å². The van der Waals surface area contributed by atoms with E-state index in [0.717, 1.165) is 12.2 Å². The Balaban J connectivity index is 2.39. The lowest BCUT2D eigenvalue weighted by Crippen LogP contribution is -2.33. The summed E-state index contributed by atoms with van der Waals surface area (Å²) in [5.74, 6) is 0. The van der Waals surface area contributed by atoms with Crippen molar-refractivity contribution in [1.29, 1.82) is 0 Å². The molecule has 3 heteroatoms. The summed E-state index contributed by atoms with van der Waals surface area (Å²) in [5.41, 5.74) is 6.52. The average molecular weight is 151 g/mol. The summed E-state index contributed by atoms with van der Waals surface area (Å²) in [6.07, 6.45) is 1.80. The van der Waals surface area contributed by atoms with Crippen LogP contribution in [0.2, 0.25) is 0 Å². The molecule has 0 bridgehead atoms. The van der Waals surface area contributed by atoms with Crippen molar-refractivity contribution in [3.05, 3.63) is 30.1 Å². The third-order valence-corrected chi connectivity index (χ3v) is 1.33. The van der Waals surface area contributed by atoms with Gasteiger partial charge in [-0.15, -0.1) is 0 Å². The Kier molecular flexibility index (Phi) is 3.01. The maximum atomic E-state index is 5.50. The highest BCUT2D eigenvalue weighted by atomic mass is 15.0. The number of rotatable bonds is 3. The summed E-state index contributed by atoms with van der Waals surface area (Å²) in [6.45, 7) is 2.64. The van der Waals surface area contributed by atoms with E-state index >= 15 is 0 Å². The van der Waals surface area contributed by atoms with Crippen LogP contribution in [0, 0.1) is 0 Å². The molecule has 0 fully saturated rings. The summed E-state index contributed by atoms with van der Waals surface area (Å²) < 4.78 is 0. The highest BCUT2D eigenvalue weighted by Gasteiger charge is 1.93. The van der Waals surface area contributed by atoms with Gasteiger partial charge in [-0.05, 0) is 19.1 Å². The normalized spacial score (nSPS) is 12.9. The van der Waals surface area contributed by atoms with Crippen LogP contribution in [0.25, 0.3) is 0 Å². The van der Waals surface area contributed by atoms with Crippen LogP contribution in [0.4, 0.5) is 0 Å². The number of aromatic nitrogens is 1. The third-order valence-electron chi connectivity index (χ3n) is 1.33. The molecule has 3 nitrogen and oxygen atoms in total. The van der Waals surface area contributed by atoms with E-state index in [1.807, 2.05) is 25.1 Å². The number of nitrogens with one attached hydrogen (secondary N) is 1. The topological polar surface area (TPSA) is 50.9 Å². The van der Waals surface area contributed by atoms with Gasteiger partial charge in [0.05, 0.1) is 11.9 Å². The molecule has 0 spiro atoms. The second kappa shape index (κ2) is 4.05. The fraction of sp³-hybridized carbons (Fsp3) is 0.375. The van der Waals surface area contributed by atoms with Gasteiger partial charge in [-0.1, -0.05) is 6.07 Å². The Morgan fingerprint density at radius 1 is 1.64 bits per heavy atom. The minimum atomic E-state index is 0.0250. The van der Waals surface area contributed by atoms with Crippen molar-refractivity contribution in [2.75, 3.05) is 0 Å². The first-order chi connectivity index (χ1) is 5.29. The van der Waals surface area contributed by atoms with Gasteiger partial charge in [-0.25, -0.2) is 0 Å². The van der Waals surface area contributed by atoms with Gasteiger partial charge in [-0.3, -0.25) is 10.3 Å². The highest BCUT2D eigenvalue weighted by molar-refractivity contribution is 5.02. The second-order valence-electron chi connectivity index (χ2n) is 2.49. The van der Waals surface area contributed by atoms with Gasteiger partial charge in [0, 0.05) is 12.7 Å². The van der Waals surface area contributed by atoms with Gasteiger partial charge in [0.1, 0.15) is 0 Å². The highest BCUT2D eigenvalue weighted by Crippen LogP contribution is 1.91. The average Bonchev–Trinajstić information content (AvgIpc) is 2.03. The monoisotopic (exact) mass is 151 g/mol. The SMILES string of the molecule is CC(N)NCc1ccccn1. The third kappa shape index (κ3) is 3.11. The maximum absolute atomic E-state index is 5.50.